The van der Waals surface area contributed by atoms with Crippen molar-refractivity contribution < 1.29 is 9.21 Å². The largest absolute Gasteiger partial charge is 0.448 e. The number of hydrogen-bond donors (Lipinski definition) is 1. The summed E-state index contributed by atoms with van der Waals surface area (Å²) in [5.74, 6) is 0.419. The number of aryl methyl sites for hydroxylation is 1. The van der Waals surface area contributed by atoms with Crippen LogP contribution in [0, 0.1) is 6.92 Å². The van der Waals surface area contributed by atoms with E-state index in [1.54, 1.807) is 6.92 Å². The molecule has 1 aliphatic rings. The van der Waals surface area contributed by atoms with Gasteiger partial charge in [0.1, 0.15) is 5.76 Å². The van der Waals surface area contributed by atoms with E-state index in [1.807, 2.05) is 12.3 Å². The number of benzene rings is 1. The van der Waals surface area contributed by atoms with Gasteiger partial charge >= 0.3 is 0 Å². The first-order valence-corrected chi connectivity index (χ1v) is 8.96. The van der Waals surface area contributed by atoms with Crippen LogP contribution in [0.5, 0.6) is 0 Å². The van der Waals surface area contributed by atoms with Gasteiger partial charge in [-0.2, -0.15) is 0 Å². The summed E-state index contributed by atoms with van der Waals surface area (Å²) in [4.78, 5) is 23.0. The molecule has 1 fully saturated rings. The first kappa shape index (κ1) is 16.7. The van der Waals surface area contributed by atoms with Crippen molar-refractivity contribution in [3.8, 4) is 0 Å². The lowest BCUT2D eigenvalue weighted by atomic mass is 10.0. The molecule has 0 spiro atoms. The maximum absolute atomic E-state index is 12.2. The fourth-order valence-corrected chi connectivity index (χ4v) is 3.49. The van der Waals surface area contributed by atoms with Gasteiger partial charge < -0.3 is 9.73 Å². The number of fused-ring (bicyclic) bond motifs is 1. The van der Waals surface area contributed by atoms with Crippen LogP contribution < -0.4 is 5.32 Å². The Morgan fingerprint density at radius 3 is 2.88 bits per heavy atom. The van der Waals surface area contributed by atoms with Gasteiger partial charge in [-0.15, -0.1) is 0 Å². The fourth-order valence-electron chi connectivity index (χ4n) is 3.49. The van der Waals surface area contributed by atoms with Crippen LogP contribution in [-0.4, -0.2) is 39.9 Å². The van der Waals surface area contributed by atoms with Crippen molar-refractivity contribution in [2.75, 3.05) is 13.1 Å². The molecule has 0 unspecified atom stereocenters. The summed E-state index contributed by atoms with van der Waals surface area (Å²) in [7, 11) is 0. The van der Waals surface area contributed by atoms with Crippen LogP contribution in [0.1, 0.15) is 34.7 Å². The Morgan fingerprint density at radius 1 is 1.27 bits per heavy atom. The number of amides is 1. The number of nitrogens with zero attached hydrogens (tertiary/aromatic N) is 3. The highest BCUT2D eigenvalue weighted by molar-refractivity contribution is 5.93. The quantitative estimate of drug-likeness (QED) is 0.783. The molecule has 3 heterocycles. The standard InChI is InChI=1S/C20H22N4O2/c1-14-19(22-13-26-14)20(25)23-17-6-9-24(10-7-17)12-15-4-5-18-16(11-15)3-2-8-21-18/h2-5,8,11,13,17H,6-7,9-10,12H2,1H3,(H,23,25). The first-order chi connectivity index (χ1) is 12.7. The SMILES string of the molecule is Cc1ocnc1C(=O)NC1CCN(Cc2ccc3ncccc3c2)CC1. The van der Waals surface area contributed by atoms with Crippen LogP contribution in [0.2, 0.25) is 0 Å². The molecule has 6 heteroatoms. The van der Waals surface area contributed by atoms with Gasteiger partial charge in [-0.1, -0.05) is 12.1 Å². The summed E-state index contributed by atoms with van der Waals surface area (Å²) in [6, 6.07) is 10.7. The predicted octanol–water partition coefficient (Wildman–Crippen LogP) is 2.93. The highest BCUT2D eigenvalue weighted by Crippen LogP contribution is 2.18. The van der Waals surface area contributed by atoms with Crippen molar-refractivity contribution >= 4 is 16.8 Å². The highest BCUT2D eigenvalue weighted by atomic mass is 16.3. The Balaban J connectivity index is 1.31. The lowest BCUT2D eigenvalue weighted by Crippen LogP contribution is -2.44. The molecule has 1 aliphatic heterocycles. The number of pyridine rings is 1. The molecule has 26 heavy (non-hydrogen) atoms. The van der Waals surface area contributed by atoms with Gasteiger partial charge in [0.2, 0.25) is 0 Å². The molecular formula is C20H22N4O2. The second-order valence-corrected chi connectivity index (χ2v) is 6.81. The summed E-state index contributed by atoms with van der Waals surface area (Å²) in [5.41, 5.74) is 2.71. The zero-order valence-electron chi connectivity index (χ0n) is 14.8. The first-order valence-electron chi connectivity index (χ1n) is 8.96. The molecule has 1 amide bonds. The van der Waals surface area contributed by atoms with Gasteiger partial charge in [0.15, 0.2) is 12.1 Å². The number of aromatic nitrogens is 2. The Bertz CT molecular complexity index is 913. The zero-order chi connectivity index (χ0) is 17.9. The lowest BCUT2D eigenvalue weighted by molar-refractivity contribution is 0.0903. The van der Waals surface area contributed by atoms with E-state index < -0.39 is 0 Å². The maximum Gasteiger partial charge on any atom is 0.273 e. The van der Waals surface area contributed by atoms with Gasteiger partial charge in [-0.25, -0.2) is 4.98 Å². The Kier molecular flexibility index (Phi) is 4.67. The van der Waals surface area contributed by atoms with Gasteiger partial charge in [0.05, 0.1) is 5.52 Å². The monoisotopic (exact) mass is 350 g/mol. The van der Waals surface area contributed by atoms with Crippen LogP contribution >= 0.6 is 0 Å². The fraction of sp³-hybridized carbons (Fsp3) is 0.350. The van der Waals surface area contributed by atoms with Crippen LogP contribution in [0.4, 0.5) is 0 Å². The number of nitrogens with one attached hydrogen (secondary N) is 1. The van der Waals surface area contributed by atoms with Crippen molar-refractivity contribution in [3.63, 3.8) is 0 Å². The molecule has 1 N–H and O–H groups in total. The third kappa shape index (κ3) is 3.60. The number of piperidine rings is 1. The van der Waals surface area contributed by atoms with E-state index in [0.717, 1.165) is 38.0 Å². The minimum Gasteiger partial charge on any atom is -0.448 e. The molecule has 2 aromatic heterocycles. The Hall–Kier alpha value is -2.73. The van der Waals surface area contributed by atoms with E-state index in [0.29, 0.717) is 11.5 Å². The summed E-state index contributed by atoms with van der Waals surface area (Å²) in [5, 5.41) is 4.25. The molecule has 6 nitrogen and oxygen atoms in total. The minimum absolute atomic E-state index is 0.142. The maximum atomic E-state index is 12.2. The molecule has 0 bridgehead atoms. The number of carbonyl (C=O) groups is 1. The minimum atomic E-state index is -0.142. The molecular weight excluding hydrogens is 328 g/mol. The van der Waals surface area contributed by atoms with E-state index in [-0.39, 0.29) is 11.9 Å². The number of carbonyl (C=O) groups excluding carboxylic acids is 1. The number of likely N-dealkylation sites (tertiary alicyclic amines) is 1. The molecule has 0 saturated carbocycles. The molecule has 134 valence electrons. The smallest absolute Gasteiger partial charge is 0.273 e. The van der Waals surface area contributed by atoms with Gasteiger partial charge in [0, 0.05) is 37.3 Å². The molecule has 0 radical (unpaired) electrons. The summed E-state index contributed by atoms with van der Waals surface area (Å²) in [6.45, 7) is 4.61. The average molecular weight is 350 g/mol. The zero-order valence-corrected chi connectivity index (χ0v) is 14.8. The molecule has 3 aromatic rings. The third-order valence-electron chi connectivity index (χ3n) is 4.96. The van der Waals surface area contributed by atoms with Gasteiger partial charge in [-0.3, -0.25) is 14.7 Å². The lowest BCUT2D eigenvalue weighted by Gasteiger charge is -2.32. The number of rotatable bonds is 4. The van der Waals surface area contributed by atoms with E-state index in [1.165, 1.54) is 17.3 Å². The van der Waals surface area contributed by atoms with E-state index in [9.17, 15) is 4.79 Å². The van der Waals surface area contributed by atoms with Gasteiger partial charge in [-0.05, 0) is 43.5 Å². The molecule has 0 atom stereocenters. The third-order valence-corrected chi connectivity index (χ3v) is 4.96. The highest BCUT2D eigenvalue weighted by Gasteiger charge is 2.23. The van der Waals surface area contributed by atoms with E-state index in [2.05, 4.69) is 44.5 Å². The average Bonchev–Trinajstić information content (AvgIpc) is 3.09. The van der Waals surface area contributed by atoms with Crippen LogP contribution in [0.15, 0.2) is 47.3 Å². The summed E-state index contributed by atoms with van der Waals surface area (Å²) < 4.78 is 5.10. The van der Waals surface area contributed by atoms with Crippen LogP contribution in [0.25, 0.3) is 10.9 Å². The van der Waals surface area contributed by atoms with Crippen molar-refractivity contribution in [2.45, 2.75) is 32.4 Å². The summed E-state index contributed by atoms with van der Waals surface area (Å²) >= 11 is 0. The number of hydrogen-bond acceptors (Lipinski definition) is 5. The Labute approximate surface area is 152 Å². The second kappa shape index (κ2) is 7.25. The van der Waals surface area contributed by atoms with E-state index in [4.69, 9.17) is 4.42 Å². The van der Waals surface area contributed by atoms with Crippen molar-refractivity contribution in [2.24, 2.45) is 0 Å². The molecule has 1 aromatic carbocycles. The van der Waals surface area contributed by atoms with E-state index >= 15 is 0 Å². The Morgan fingerprint density at radius 2 is 2.12 bits per heavy atom. The van der Waals surface area contributed by atoms with Gasteiger partial charge in [0.25, 0.3) is 5.91 Å². The van der Waals surface area contributed by atoms with Crippen LogP contribution in [-0.2, 0) is 6.54 Å². The van der Waals surface area contributed by atoms with Crippen LogP contribution in [0.3, 0.4) is 0 Å². The van der Waals surface area contributed by atoms with Crippen molar-refractivity contribution in [1.82, 2.24) is 20.2 Å². The molecule has 1 saturated heterocycles. The topological polar surface area (TPSA) is 71.3 Å². The molecule has 4 rings (SSSR count). The van der Waals surface area contributed by atoms with Crippen molar-refractivity contribution in [3.05, 3.63) is 59.9 Å². The summed E-state index contributed by atoms with van der Waals surface area (Å²) in [6.07, 6.45) is 5.02. The molecule has 0 aliphatic carbocycles. The predicted molar refractivity (Wildman–Crippen MR) is 98.7 cm³/mol. The number of oxazole rings is 1. The second-order valence-electron chi connectivity index (χ2n) is 6.81. The van der Waals surface area contributed by atoms with Crippen molar-refractivity contribution in [1.29, 1.82) is 0 Å². The normalized spacial score (nSPS) is 16.0.